The van der Waals surface area contributed by atoms with Crippen molar-refractivity contribution >= 4 is 5.97 Å². The van der Waals surface area contributed by atoms with E-state index in [1.807, 2.05) is 0 Å². The summed E-state index contributed by atoms with van der Waals surface area (Å²) in [4.78, 5) is 12.0. The van der Waals surface area contributed by atoms with Crippen LogP contribution < -0.4 is 0 Å². The smallest absolute Gasteiger partial charge is 0.317 e. The fraction of sp³-hybridized carbons (Fsp3) is 0.974. The summed E-state index contributed by atoms with van der Waals surface area (Å²) in [5.41, 5.74) is 0. The van der Waals surface area contributed by atoms with Crippen LogP contribution in [0.3, 0.4) is 0 Å². The second-order valence-corrected chi connectivity index (χ2v) is 18.1. The molecule has 0 spiro atoms. The number of hydrogen-bond donors (Lipinski definition) is 21. The summed E-state index contributed by atoms with van der Waals surface area (Å²) < 4.78 is 54.6. The molecule has 33 nitrogen and oxygen atoms in total. The van der Waals surface area contributed by atoms with Gasteiger partial charge in [-0.2, -0.15) is 0 Å². The first kappa shape index (κ1) is 61.1. The predicted molar refractivity (Wildman–Crippen MR) is 219 cm³/mol. The summed E-state index contributed by atoms with van der Waals surface area (Å²) >= 11 is 0. The number of nitrogens with zero attached hydrogens (tertiary/aromatic N) is 1. The molecule has 5 aliphatic rings. The first-order valence-corrected chi connectivity index (χ1v) is 22.6. The number of aliphatic carboxylic acids is 1. The van der Waals surface area contributed by atoms with Crippen LogP contribution in [0.4, 0.5) is 0 Å². The van der Waals surface area contributed by atoms with Gasteiger partial charge in [-0.25, -0.2) is 0 Å². The first-order valence-electron chi connectivity index (χ1n) is 22.6. The van der Waals surface area contributed by atoms with Crippen LogP contribution in [0, 0.1) is 0 Å². The minimum absolute atomic E-state index is 0.433. The Bertz CT molecular complexity index is 1630. The Hall–Kier alpha value is -1.77. The number of carboxylic acids is 1. The van der Waals surface area contributed by atoms with Crippen molar-refractivity contribution in [3.05, 3.63) is 0 Å². The molecule has 0 aromatic carbocycles. The lowest BCUT2D eigenvalue weighted by atomic mass is 9.97. The van der Waals surface area contributed by atoms with Crippen LogP contribution in [-0.4, -0.2) is 356 Å². The third-order valence-corrected chi connectivity index (χ3v) is 12.7. The zero-order chi connectivity index (χ0) is 53.6. The molecule has 5 saturated heterocycles. The van der Waals surface area contributed by atoms with Gasteiger partial charge in [0.25, 0.3) is 0 Å². The molecule has 0 aromatic heterocycles. The summed E-state index contributed by atoms with van der Waals surface area (Å²) in [6, 6.07) is 0. The Kier molecular flexibility index (Phi) is 22.9. The number of rotatable bonds is 23. The molecule has 5 fully saturated rings. The quantitative estimate of drug-likeness (QED) is 0.0452. The monoisotopic (exact) mass is 1060 g/mol. The molecule has 0 aliphatic carbocycles. The van der Waals surface area contributed by atoms with Gasteiger partial charge in [0.05, 0.1) is 52.3 Å². The molecule has 0 saturated carbocycles. The number of hydrogen-bond acceptors (Lipinski definition) is 32. The van der Waals surface area contributed by atoms with E-state index in [0.29, 0.717) is 0 Å². The lowest BCUT2D eigenvalue weighted by Crippen LogP contribution is -2.63. The summed E-state index contributed by atoms with van der Waals surface area (Å²) in [6.45, 7) is -5.80. The molecule has 0 aromatic rings. The van der Waals surface area contributed by atoms with E-state index >= 15 is 0 Å². The molecule has 29 atom stereocenters. The van der Waals surface area contributed by atoms with E-state index < -0.39 is 237 Å². The molecule has 0 bridgehead atoms. The highest BCUT2D eigenvalue weighted by molar-refractivity contribution is 5.69. The van der Waals surface area contributed by atoms with E-state index in [1.54, 1.807) is 0 Å². The second-order valence-electron chi connectivity index (χ2n) is 18.1. The largest absolute Gasteiger partial charge is 0.480 e. The molecule has 422 valence electrons. The van der Waals surface area contributed by atoms with Gasteiger partial charge in [-0.05, 0) is 7.05 Å². The maximum absolute atomic E-state index is 10.9. The summed E-state index contributed by atoms with van der Waals surface area (Å²) in [5.74, 6) is -1.24. The van der Waals surface area contributed by atoms with E-state index in [4.69, 9.17) is 52.5 Å². The van der Waals surface area contributed by atoms with E-state index in [0.717, 1.165) is 4.90 Å². The van der Waals surface area contributed by atoms with Gasteiger partial charge in [0.2, 0.25) is 0 Å². The SMILES string of the molecule is CN(CC(=O)O)CC(O)[C@@H](O)[C@H](O)[C@H](O)COC1O[C@H](CO[C@@H]2O[C@H](CO[C@@H]3O[C@H](CO[C@@H]4O[C@H](CO[C@@H]5O[C@H](CO)[C@@H](O)[C@H](O)[C@H]5O)[C@@H](O)[C@H](O)[C@H]4O)[C@@H](O)[C@H](O)[C@H]3O)[C@@H](O)[C@H](O)[C@H]2O)[C@@H](O)[C@H](O)[C@H]1O. The van der Waals surface area contributed by atoms with Gasteiger partial charge in [0, 0.05) is 6.54 Å². The second kappa shape index (κ2) is 27.0. The van der Waals surface area contributed by atoms with Crippen molar-refractivity contribution in [2.24, 2.45) is 0 Å². The maximum Gasteiger partial charge on any atom is 0.317 e. The molecule has 0 amide bonds. The average Bonchev–Trinajstić information content (AvgIpc) is 3.34. The van der Waals surface area contributed by atoms with Gasteiger partial charge in [-0.3, -0.25) is 9.69 Å². The van der Waals surface area contributed by atoms with Crippen molar-refractivity contribution < 1.29 is 159 Å². The molecule has 21 N–H and O–H groups in total. The number of carboxylic acid groups (broad SMARTS) is 1. The molecule has 0 radical (unpaired) electrons. The van der Waals surface area contributed by atoms with Gasteiger partial charge in [-0.15, -0.1) is 0 Å². The third kappa shape index (κ3) is 14.6. The highest BCUT2D eigenvalue weighted by Gasteiger charge is 2.52. The van der Waals surface area contributed by atoms with Crippen molar-refractivity contribution in [1.82, 2.24) is 4.90 Å². The average molecular weight is 1060 g/mol. The molecule has 2 unspecified atom stereocenters. The van der Waals surface area contributed by atoms with Crippen LogP contribution in [0.15, 0.2) is 0 Å². The Morgan fingerprint density at radius 3 is 0.972 bits per heavy atom. The summed E-state index contributed by atoms with van der Waals surface area (Å²) in [7, 11) is 1.30. The number of ether oxygens (including phenoxy) is 10. The fourth-order valence-corrected chi connectivity index (χ4v) is 8.20. The lowest BCUT2D eigenvalue weighted by Gasteiger charge is -2.44. The Morgan fingerprint density at radius 1 is 0.417 bits per heavy atom. The number of aliphatic hydroxyl groups is 20. The van der Waals surface area contributed by atoms with Gasteiger partial charge < -0.3 is 155 Å². The van der Waals surface area contributed by atoms with Crippen molar-refractivity contribution in [2.75, 3.05) is 59.8 Å². The third-order valence-electron chi connectivity index (χ3n) is 12.7. The molecular formula is C39H69NO32. The van der Waals surface area contributed by atoms with E-state index in [1.165, 1.54) is 7.05 Å². The molecule has 33 heteroatoms. The normalized spacial score (nSPS) is 45.9. The summed E-state index contributed by atoms with van der Waals surface area (Å²) in [6.07, 6.45) is -53.9. The van der Waals surface area contributed by atoms with Crippen molar-refractivity contribution in [1.29, 1.82) is 0 Å². The van der Waals surface area contributed by atoms with Crippen LogP contribution >= 0.6 is 0 Å². The highest BCUT2D eigenvalue weighted by Crippen LogP contribution is 2.31. The van der Waals surface area contributed by atoms with Crippen molar-refractivity contribution in [2.45, 2.75) is 178 Å². The van der Waals surface area contributed by atoms with Crippen LogP contribution in [0.25, 0.3) is 0 Å². The topological polar surface area (TPSA) is 537 Å². The molecule has 5 rings (SSSR count). The van der Waals surface area contributed by atoms with Crippen LogP contribution in [0.2, 0.25) is 0 Å². The fourth-order valence-electron chi connectivity index (χ4n) is 8.20. The van der Waals surface area contributed by atoms with Gasteiger partial charge >= 0.3 is 5.97 Å². The lowest BCUT2D eigenvalue weighted by molar-refractivity contribution is -0.351. The zero-order valence-electron chi connectivity index (χ0n) is 38.2. The van der Waals surface area contributed by atoms with Crippen LogP contribution in [-0.2, 0) is 52.2 Å². The van der Waals surface area contributed by atoms with E-state index in [-0.39, 0.29) is 0 Å². The Balaban J connectivity index is 1.13. The van der Waals surface area contributed by atoms with Gasteiger partial charge in [0.15, 0.2) is 31.5 Å². The number of carbonyl (C=O) groups is 1. The van der Waals surface area contributed by atoms with Gasteiger partial charge in [-0.1, -0.05) is 0 Å². The van der Waals surface area contributed by atoms with Crippen molar-refractivity contribution in [3.8, 4) is 0 Å². The van der Waals surface area contributed by atoms with Crippen LogP contribution in [0.5, 0.6) is 0 Å². The predicted octanol–water partition coefficient (Wildman–Crippen LogP) is -14.4. The first-order chi connectivity index (χ1) is 33.8. The highest BCUT2D eigenvalue weighted by atomic mass is 16.8. The maximum atomic E-state index is 10.9. The molecular weight excluding hydrogens is 994 g/mol. The molecule has 72 heavy (non-hydrogen) atoms. The van der Waals surface area contributed by atoms with Gasteiger partial charge in [0.1, 0.15) is 140 Å². The molecule has 5 heterocycles. The van der Waals surface area contributed by atoms with Crippen LogP contribution in [0.1, 0.15) is 0 Å². The standard InChI is InChI=1S/C39H69NO32/c1-40(3-17(44)45)2-10(42)18(46)19(47)11(43)5-63-35-31(59)26(54)21(49)13(69-35)7-65-37-33(61)28(56)23(51)15(71-37)9-67-39-34(62)29(57)24(52)16(72-39)8-66-38-32(60)27(55)22(50)14(70-38)6-64-36-30(58)25(53)20(48)12(4-41)68-36/h10-16,18-39,41-43,46-62H,2-9H2,1H3,(H,44,45)/t10?,11-,12-,13-,14-,15-,16-,18-,19-,20-,21-,22-,23-,24-,25+,26+,27+,28+,29+,30-,31-,32-,33-,34-,35?,36-,37-,38-,39-/m1/s1. The number of likely N-dealkylation sites (N-methyl/N-ethyl adjacent to an activating group) is 1. The molecule has 5 aliphatic heterocycles. The minimum Gasteiger partial charge on any atom is -0.480 e. The summed E-state index contributed by atoms with van der Waals surface area (Å²) in [5, 5.41) is 217. The number of aliphatic hydroxyl groups excluding tert-OH is 20. The van der Waals surface area contributed by atoms with E-state index in [9.17, 15) is 107 Å². The Labute approximate surface area is 407 Å². The zero-order valence-corrected chi connectivity index (χ0v) is 38.2. The van der Waals surface area contributed by atoms with E-state index in [2.05, 4.69) is 0 Å². The Morgan fingerprint density at radius 2 is 0.681 bits per heavy atom. The minimum atomic E-state index is -2.09. The van der Waals surface area contributed by atoms with Crippen molar-refractivity contribution in [3.63, 3.8) is 0 Å².